The summed E-state index contributed by atoms with van der Waals surface area (Å²) in [4.78, 5) is 12.6. The van der Waals surface area contributed by atoms with Crippen LogP contribution in [0.15, 0.2) is 24.3 Å². The number of rotatable bonds is 3. The lowest BCUT2D eigenvalue weighted by atomic mass is 9.91. The van der Waals surface area contributed by atoms with E-state index in [9.17, 15) is 4.79 Å². The summed E-state index contributed by atoms with van der Waals surface area (Å²) in [5.74, 6) is 0.286. The van der Waals surface area contributed by atoms with Crippen LogP contribution in [0, 0.1) is 5.92 Å². The molecule has 0 radical (unpaired) electrons. The van der Waals surface area contributed by atoms with Gasteiger partial charge in [-0.3, -0.25) is 4.79 Å². The van der Waals surface area contributed by atoms with Crippen molar-refractivity contribution in [3.05, 3.63) is 35.4 Å². The molecule has 108 valence electrons. The second-order valence-electron chi connectivity index (χ2n) is 5.89. The first-order chi connectivity index (χ1) is 9.72. The molecule has 0 atom stereocenters. The molecule has 3 nitrogen and oxygen atoms in total. The molecule has 0 saturated carbocycles. The minimum atomic E-state index is -0.121. The van der Waals surface area contributed by atoms with E-state index in [1.54, 1.807) is 0 Å². The number of carbonyl (C=O) groups is 1. The molecule has 4 heteroatoms. The smallest absolute Gasteiger partial charge is 0.224 e. The maximum Gasteiger partial charge on any atom is 0.224 e. The van der Waals surface area contributed by atoms with Crippen molar-refractivity contribution in [1.82, 2.24) is 5.32 Å². The molecule has 1 aromatic rings. The fraction of sp³-hybridized carbons (Fsp3) is 0.562. The van der Waals surface area contributed by atoms with E-state index in [0.717, 1.165) is 44.2 Å². The first kappa shape index (κ1) is 14.1. The molecule has 0 bridgehead atoms. The summed E-state index contributed by atoms with van der Waals surface area (Å²) in [6, 6.07) is 8.38. The first-order valence-electron chi connectivity index (χ1n) is 7.25. The Bertz CT molecular complexity index is 472. The van der Waals surface area contributed by atoms with Crippen LogP contribution in [0.3, 0.4) is 0 Å². The van der Waals surface area contributed by atoms with Gasteiger partial charge in [0, 0.05) is 24.5 Å². The molecule has 0 spiro atoms. The zero-order valence-electron chi connectivity index (χ0n) is 11.5. The number of benzene rings is 1. The van der Waals surface area contributed by atoms with Crippen LogP contribution in [0.25, 0.3) is 0 Å². The minimum absolute atomic E-state index is 0.0890. The number of amides is 1. The van der Waals surface area contributed by atoms with Crippen LogP contribution in [0.2, 0.25) is 0 Å². The third-order valence-corrected chi connectivity index (χ3v) is 5.59. The number of nitrogens with one attached hydrogen (secondary N) is 1. The SMILES string of the molecule is O=C(NC1(CBr)CCOCC1)C1Cc2ccccc2C1. The Morgan fingerprint density at radius 2 is 1.85 bits per heavy atom. The summed E-state index contributed by atoms with van der Waals surface area (Å²) in [6.07, 6.45) is 3.53. The van der Waals surface area contributed by atoms with Gasteiger partial charge in [0.1, 0.15) is 0 Å². The summed E-state index contributed by atoms with van der Waals surface area (Å²) in [7, 11) is 0. The maximum atomic E-state index is 12.6. The zero-order valence-corrected chi connectivity index (χ0v) is 13.1. The van der Waals surface area contributed by atoms with Gasteiger partial charge < -0.3 is 10.1 Å². The van der Waals surface area contributed by atoms with Gasteiger partial charge in [0.15, 0.2) is 0 Å². The summed E-state index contributed by atoms with van der Waals surface area (Å²) in [6.45, 7) is 1.47. The predicted octanol–water partition coefficient (Wildman–Crippen LogP) is 2.46. The molecule has 1 aliphatic carbocycles. The van der Waals surface area contributed by atoms with Crippen LogP contribution >= 0.6 is 15.9 Å². The highest BCUT2D eigenvalue weighted by Gasteiger charge is 2.36. The molecular formula is C16H20BrNO2. The van der Waals surface area contributed by atoms with Crippen LogP contribution in [-0.4, -0.2) is 30.0 Å². The van der Waals surface area contributed by atoms with Crippen molar-refractivity contribution < 1.29 is 9.53 Å². The van der Waals surface area contributed by atoms with E-state index in [2.05, 4.69) is 45.5 Å². The van der Waals surface area contributed by atoms with Crippen LogP contribution in [0.5, 0.6) is 0 Å². The van der Waals surface area contributed by atoms with Crippen molar-refractivity contribution in [2.45, 2.75) is 31.2 Å². The molecule has 1 fully saturated rings. The van der Waals surface area contributed by atoms with Crippen molar-refractivity contribution in [1.29, 1.82) is 0 Å². The number of halogens is 1. The molecule has 1 aliphatic heterocycles. The Balaban J connectivity index is 1.66. The van der Waals surface area contributed by atoms with Gasteiger partial charge in [-0.05, 0) is 36.8 Å². The largest absolute Gasteiger partial charge is 0.381 e. The van der Waals surface area contributed by atoms with Crippen molar-refractivity contribution in [2.75, 3.05) is 18.5 Å². The zero-order chi connectivity index (χ0) is 14.0. The number of fused-ring (bicyclic) bond motifs is 1. The first-order valence-corrected chi connectivity index (χ1v) is 8.37. The van der Waals surface area contributed by atoms with Gasteiger partial charge in [-0.2, -0.15) is 0 Å². The molecule has 0 unspecified atom stereocenters. The number of ether oxygens (including phenoxy) is 1. The highest BCUT2D eigenvalue weighted by molar-refractivity contribution is 9.09. The van der Waals surface area contributed by atoms with Crippen molar-refractivity contribution >= 4 is 21.8 Å². The number of hydrogen-bond donors (Lipinski definition) is 1. The highest BCUT2D eigenvalue weighted by Crippen LogP contribution is 2.29. The number of alkyl halides is 1. The van der Waals surface area contributed by atoms with Crippen molar-refractivity contribution in [3.8, 4) is 0 Å². The lowest BCUT2D eigenvalue weighted by molar-refractivity contribution is -0.127. The Morgan fingerprint density at radius 1 is 1.25 bits per heavy atom. The summed E-state index contributed by atoms with van der Waals surface area (Å²) < 4.78 is 5.41. The van der Waals surface area contributed by atoms with Gasteiger partial charge in [-0.15, -0.1) is 0 Å². The number of carbonyl (C=O) groups excluding carboxylic acids is 1. The van der Waals surface area contributed by atoms with Gasteiger partial charge in [0.25, 0.3) is 0 Å². The Kier molecular flexibility index (Phi) is 4.13. The van der Waals surface area contributed by atoms with Gasteiger partial charge in [0.2, 0.25) is 5.91 Å². The van der Waals surface area contributed by atoms with Crippen molar-refractivity contribution in [3.63, 3.8) is 0 Å². The van der Waals surface area contributed by atoms with Crippen LogP contribution in [0.4, 0.5) is 0 Å². The molecule has 0 aromatic heterocycles. The standard InChI is InChI=1S/C16H20BrNO2/c17-11-16(5-7-20-8-6-16)18-15(19)14-9-12-3-1-2-4-13(12)10-14/h1-4,14H,5-11H2,(H,18,19). The van der Waals surface area contributed by atoms with E-state index in [1.165, 1.54) is 11.1 Å². The molecule has 20 heavy (non-hydrogen) atoms. The third kappa shape index (κ3) is 2.77. The summed E-state index contributed by atoms with van der Waals surface area (Å²) >= 11 is 3.56. The lowest BCUT2D eigenvalue weighted by Gasteiger charge is -2.37. The van der Waals surface area contributed by atoms with E-state index in [-0.39, 0.29) is 17.4 Å². The quantitative estimate of drug-likeness (QED) is 0.860. The molecule has 1 saturated heterocycles. The second-order valence-corrected chi connectivity index (χ2v) is 6.45. The second kappa shape index (κ2) is 5.86. The molecular weight excluding hydrogens is 318 g/mol. The highest BCUT2D eigenvalue weighted by atomic mass is 79.9. The Hall–Kier alpha value is -0.870. The van der Waals surface area contributed by atoms with Gasteiger partial charge in [-0.1, -0.05) is 40.2 Å². The van der Waals surface area contributed by atoms with E-state index in [4.69, 9.17) is 4.74 Å². The molecule has 1 N–H and O–H groups in total. The average molecular weight is 338 g/mol. The fourth-order valence-electron chi connectivity index (χ4n) is 3.16. The van der Waals surface area contributed by atoms with Crippen LogP contribution in [0.1, 0.15) is 24.0 Å². The van der Waals surface area contributed by atoms with E-state index >= 15 is 0 Å². The van der Waals surface area contributed by atoms with E-state index < -0.39 is 0 Å². The van der Waals surface area contributed by atoms with Crippen LogP contribution < -0.4 is 5.32 Å². The number of hydrogen-bond acceptors (Lipinski definition) is 2. The average Bonchev–Trinajstić information content (AvgIpc) is 2.92. The molecule has 1 amide bonds. The Labute approximate surface area is 128 Å². The summed E-state index contributed by atoms with van der Waals surface area (Å²) in [5, 5.41) is 4.09. The normalized spacial score (nSPS) is 21.4. The maximum absolute atomic E-state index is 12.6. The monoisotopic (exact) mass is 337 g/mol. The van der Waals surface area contributed by atoms with Gasteiger partial charge in [-0.25, -0.2) is 0 Å². The van der Waals surface area contributed by atoms with E-state index in [0.29, 0.717) is 0 Å². The molecule has 2 aliphatic rings. The molecule has 3 rings (SSSR count). The topological polar surface area (TPSA) is 38.3 Å². The minimum Gasteiger partial charge on any atom is -0.381 e. The predicted molar refractivity (Wildman–Crippen MR) is 82.1 cm³/mol. The van der Waals surface area contributed by atoms with Gasteiger partial charge >= 0.3 is 0 Å². The molecule has 1 aromatic carbocycles. The lowest BCUT2D eigenvalue weighted by Crippen LogP contribution is -2.55. The van der Waals surface area contributed by atoms with E-state index in [1.807, 2.05) is 0 Å². The molecule has 1 heterocycles. The van der Waals surface area contributed by atoms with Crippen LogP contribution in [-0.2, 0) is 22.4 Å². The van der Waals surface area contributed by atoms with Gasteiger partial charge in [0.05, 0.1) is 5.54 Å². The van der Waals surface area contributed by atoms with Crippen molar-refractivity contribution in [2.24, 2.45) is 5.92 Å². The fourth-order valence-corrected chi connectivity index (χ4v) is 3.86. The summed E-state index contributed by atoms with van der Waals surface area (Å²) in [5.41, 5.74) is 2.53. The third-order valence-electron chi connectivity index (χ3n) is 4.52. The Morgan fingerprint density at radius 3 is 2.40 bits per heavy atom.